The lowest BCUT2D eigenvalue weighted by atomic mass is 10.2. The molecule has 4 nitrogen and oxygen atoms in total. The van der Waals surface area contributed by atoms with E-state index in [1.165, 1.54) is 0 Å². The molecule has 18 heavy (non-hydrogen) atoms. The molecule has 0 aromatic carbocycles. The third-order valence-electron chi connectivity index (χ3n) is 3.60. The maximum Gasteiger partial charge on any atom is 0.138 e. The molecule has 1 aliphatic rings. The number of hydrogen-bond donors (Lipinski definition) is 1. The van der Waals surface area contributed by atoms with E-state index in [1.807, 2.05) is 13.0 Å². The van der Waals surface area contributed by atoms with Crippen molar-refractivity contribution in [1.29, 1.82) is 0 Å². The first-order valence-corrected chi connectivity index (χ1v) is 6.68. The highest BCUT2D eigenvalue weighted by Gasteiger charge is 2.19. The summed E-state index contributed by atoms with van der Waals surface area (Å²) in [5.74, 6) is 0.312. The highest BCUT2D eigenvalue weighted by molar-refractivity contribution is 5.27. The number of hydrogen-bond acceptors (Lipinski definition) is 4. The van der Waals surface area contributed by atoms with Crippen LogP contribution in [-0.2, 0) is 6.54 Å². The lowest BCUT2D eigenvalue weighted by Crippen LogP contribution is -2.48. The predicted molar refractivity (Wildman–Crippen MR) is 72.6 cm³/mol. The van der Waals surface area contributed by atoms with E-state index in [2.05, 4.69) is 28.6 Å². The molecule has 1 aromatic heterocycles. The Bertz CT molecular complexity index is 398. The van der Waals surface area contributed by atoms with Crippen LogP contribution in [0.4, 0.5) is 0 Å². The van der Waals surface area contributed by atoms with Crippen LogP contribution < -0.4 is 0 Å². The lowest BCUT2D eigenvalue weighted by Gasteiger charge is -2.36. The minimum atomic E-state index is 0.312. The van der Waals surface area contributed by atoms with Gasteiger partial charge in [-0.25, -0.2) is 0 Å². The SMILES string of the molecule is Cc1ccc(O)c(CN2CCN(C(C)C)CC2)n1. The van der Waals surface area contributed by atoms with Crippen molar-refractivity contribution >= 4 is 0 Å². The van der Waals surface area contributed by atoms with E-state index in [1.54, 1.807) is 6.07 Å². The largest absolute Gasteiger partial charge is 0.506 e. The van der Waals surface area contributed by atoms with Crippen LogP contribution in [0, 0.1) is 6.92 Å². The fraction of sp³-hybridized carbons (Fsp3) is 0.643. The van der Waals surface area contributed by atoms with Crippen LogP contribution in [0.5, 0.6) is 5.75 Å². The predicted octanol–water partition coefficient (Wildman–Crippen LogP) is 1.62. The van der Waals surface area contributed by atoms with Crippen LogP contribution >= 0.6 is 0 Å². The molecule has 2 heterocycles. The van der Waals surface area contributed by atoms with Crippen LogP contribution in [0.2, 0.25) is 0 Å². The fourth-order valence-electron chi connectivity index (χ4n) is 2.37. The molecule has 4 heteroatoms. The fourth-order valence-corrected chi connectivity index (χ4v) is 2.37. The Labute approximate surface area is 109 Å². The van der Waals surface area contributed by atoms with Gasteiger partial charge >= 0.3 is 0 Å². The van der Waals surface area contributed by atoms with Crippen molar-refractivity contribution in [3.8, 4) is 5.75 Å². The van der Waals surface area contributed by atoms with Crippen molar-refractivity contribution in [2.24, 2.45) is 0 Å². The van der Waals surface area contributed by atoms with Gasteiger partial charge in [-0.3, -0.25) is 14.8 Å². The lowest BCUT2D eigenvalue weighted by molar-refractivity contribution is 0.102. The maximum absolute atomic E-state index is 9.81. The number of aryl methyl sites for hydroxylation is 1. The second-order valence-electron chi connectivity index (χ2n) is 5.32. The van der Waals surface area contributed by atoms with E-state index >= 15 is 0 Å². The van der Waals surface area contributed by atoms with Crippen LogP contribution in [0.25, 0.3) is 0 Å². The minimum absolute atomic E-state index is 0.312. The summed E-state index contributed by atoms with van der Waals surface area (Å²) in [5.41, 5.74) is 1.76. The third kappa shape index (κ3) is 3.21. The summed E-state index contributed by atoms with van der Waals surface area (Å²) in [6.07, 6.45) is 0. The van der Waals surface area contributed by atoms with Gasteiger partial charge in [0.1, 0.15) is 5.75 Å². The van der Waals surface area contributed by atoms with Crippen molar-refractivity contribution in [2.75, 3.05) is 26.2 Å². The molecule has 1 saturated heterocycles. The molecule has 1 aliphatic heterocycles. The molecule has 0 radical (unpaired) electrons. The van der Waals surface area contributed by atoms with E-state index in [0.29, 0.717) is 11.8 Å². The number of aromatic nitrogens is 1. The van der Waals surface area contributed by atoms with Crippen LogP contribution in [0.1, 0.15) is 25.2 Å². The molecule has 0 aliphatic carbocycles. The summed E-state index contributed by atoms with van der Waals surface area (Å²) in [6, 6.07) is 4.20. The molecule has 0 saturated carbocycles. The zero-order valence-corrected chi connectivity index (χ0v) is 11.6. The Morgan fingerprint density at radius 1 is 1.22 bits per heavy atom. The van der Waals surface area contributed by atoms with Crippen molar-refractivity contribution < 1.29 is 5.11 Å². The van der Waals surface area contributed by atoms with Crippen LogP contribution in [0.15, 0.2) is 12.1 Å². The van der Waals surface area contributed by atoms with Crippen molar-refractivity contribution in [3.63, 3.8) is 0 Å². The molecular weight excluding hydrogens is 226 g/mol. The monoisotopic (exact) mass is 249 g/mol. The maximum atomic E-state index is 9.81. The first kappa shape index (κ1) is 13.3. The highest BCUT2D eigenvalue weighted by Crippen LogP contribution is 2.18. The number of pyridine rings is 1. The van der Waals surface area contributed by atoms with Crippen LogP contribution in [0.3, 0.4) is 0 Å². The summed E-state index contributed by atoms with van der Waals surface area (Å²) < 4.78 is 0. The minimum Gasteiger partial charge on any atom is -0.506 e. The third-order valence-corrected chi connectivity index (χ3v) is 3.60. The van der Waals surface area contributed by atoms with Crippen molar-refractivity contribution in [3.05, 3.63) is 23.5 Å². The molecule has 0 atom stereocenters. The summed E-state index contributed by atoms with van der Waals surface area (Å²) in [5, 5.41) is 9.81. The average molecular weight is 249 g/mol. The van der Waals surface area contributed by atoms with Gasteiger partial charge in [0.2, 0.25) is 0 Å². The Hall–Kier alpha value is -1.13. The average Bonchev–Trinajstić information content (AvgIpc) is 2.34. The Kier molecular flexibility index (Phi) is 4.19. The van der Waals surface area contributed by atoms with E-state index < -0.39 is 0 Å². The standard InChI is InChI=1S/C14H23N3O/c1-11(2)17-8-6-16(7-9-17)10-13-14(18)5-4-12(3)15-13/h4-5,11,18H,6-10H2,1-3H3. The molecule has 1 N–H and O–H groups in total. The second-order valence-corrected chi connectivity index (χ2v) is 5.32. The normalized spacial score (nSPS) is 18.4. The molecule has 1 aromatic rings. The number of piperazine rings is 1. The van der Waals surface area contributed by atoms with Gasteiger partial charge in [-0.15, -0.1) is 0 Å². The van der Waals surface area contributed by atoms with Crippen molar-refractivity contribution in [1.82, 2.24) is 14.8 Å². The molecule has 0 amide bonds. The quantitative estimate of drug-likeness (QED) is 0.883. The molecule has 0 spiro atoms. The summed E-state index contributed by atoms with van der Waals surface area (Å²) in [6.45, 7) is 11.5. The zero-order chi connectivity index (χ0) is 13.1. The molecule has 2 rings (SSSR count). The smallest absolute Gasteiger partial charge is 0.138 e. The number of aromatic hydroxyl groups is 1. The van der Waals surface area contributed by atoms with Gasteiger partial charge in [0, 0.05) is 44.5 Å². The van der Waals surface area contributed by atoms with Gasteiger partial charge in [0.05, 0.1) is 5.69 Å². The van der Waals surface area contributed by atoms with E-state index in [4.69, 9.17) is 0 Å². The molecular formula is C14H23N3O. The van der Waals surface area contributed by atoms with Gasteiger partial charge in [-0.2, -0.15) is 0 Å². The number of nitrogens with zero attached hydrogens (tertiary/aromatic N) is 3. The molecule has 0 unspecified atom stereocenters. The summed E-state index contributed by atoms with van der Waals surface area (Å²) in [4.78, 5) is 9.26. The van der Waals surface area contributed by atoms with Gasteiger partial charge in [0.15, 0.2) is 0 Å². The Morgan fingerprint density at radius 3 is 2.50 bits per heavy atom. The van der Waals surface area contributed by atoms with Gasteiger partial charge in [-0.05, 0) is 32.9 Å². The summed E-state index contributed by atoms with van der Waals surface area (Å²) in [7, 11) is 0. The molecule has 0 bridgehead atoms. The first-order chi connectivity index (χ1) is 8.56. The Balaban J connectivity index is 1.93. The van der Waals surface area contributed by atoms with Gasteiger partial charge in [0.25, 0.3) is 0 Å². The van der Waals surface area contributed by atoms with Crippen molar-refractivity contribution in [2.45, 2.75) is 33.4 Å². The Morgan fingerprint density at radius 2 is 1.89 bits per heavy atom. The zero-order valence-electron chi connectivity index (χ0n) is 11.6. The van der Waals surface area contributed by atoms with Gasteiger partial charge in [-0.1, -0.05) is 0 Å². The van der Waals surface area contributed by atoms with Crippen LogP contribution in [-0.4, -0.2) is 52.1 Å². The first-order valence-electron chi connectivity index (χ1n) is 6.68. The van der Waals surface area contributed by atoms with E-state index in [0.717, 1.165) is 44.1 Å². The summed E-state index contributed by atoms with van der Waals surface area (Å²) >= 11 is 0. The molecule has 1 fully saturated rings. The van der Waals surface area contributed by atoms with Gasteiger partial charge < -0.3 is 5.11 Å². The number of rotatable bonds is 3. The van der Waals surface area contributed by atoms with E-state index in [-0.39, 0.29) is 0 Å². The van der Waals surface area contributed by atoms with E-state index in [9.17, 15) is 5.11 Å². The molecule has 100 valence electrons. The topological polar surface area (TPSA) is 39.6 Å². The highest BCUT2D eigenvalue weighted by atomic mass is 16.3. The second kappa shape index (κ2) is 5.67.